The van der Waals surface area contributed by atoms with Gasteiger partial charge in [0.05, 0.1) is 26.4 Å². The van der Waals surface area contributed by atoms with Crippen LogP contribution >= 0.6 is 0 Å². The first-order valence-corrected chi connectivity index (χ1v) is 26.3. The number of aliphatic hydroxyl groups is 8. The first-order chi connectivity index (χ1) is 31.3. The Bertz CT molecular complexity index is 2400. The van der Waals surface area contributed by atoms with Crippen molar-refractivity contribution in [1.82, 2.24) is 0 Å². The molecule has 4 fully saturated rings. The highest BCUT2D eigenvalue weighted by atomic mass is 32.3. The molecule has 0 unspecified atom stereocenters. The Morgan fingerprint density at radius 2 is 0.652 bits per heavy atom. The van der Waals surface area contributed by atoms with Crippen molar-refractivity contribution in [3.63, 3.8) is 0 Å². The predicted molar refractivity (Wildman–Crippen MR) is 196 cm³/mol. The first-order valence-electron chi connectivity index (χ1n) is 18.1. The van der Waals surface area contributed by atoms with Crippen LogP contribution in [0.25, 0.3) is 0 Å². The third kappa shape index (κ3) is 17.4. The lowest BCUT2D eigenvalue weighted by atomic mass is 9.95. The Labute approximate surface area is 387 Å². The molecule has 0 saturated carbocycles. The second kappa shape index (κ2) is 23.0. The molecule has 69 heavy (non-hydrogen) atoms. The summed E-state index contributed by atoms with van der Waals surface area (Å²) < 4.78 is 260. The van der Waals surface area contributed by atoms with Crippen molar-refractivity contribution in [3.05, 3.63) is 0 Å². The predicted octanol–water partition coefficient (Wildman–Crippen LogP) is -10.8. The molecule has 4 heterocycles. The lowest BCUT2D eigenvalue weighted by Gasteiger charge is -2.49. The Kier molecular flexibility index (Phi) is 20.1. The molecule has 4 aliphatic heterocycles. The molecule has 14 N–H and O–H groups in total. The quantitative estimate of drug-likeness (QED) is 0.0448. The van der Waals surface area contributed by atoms with E-state index in [1.54, 1.807) is 0 Å². The summed E-state index contributed by atoms with van der Waals surface area (Å²) in [4.78, 5) is 0. The molecule has 0 aromatic rings. The maximum absolute atomic E-state index is 12.2. The summed E-state index contributed by atoms with van der Waals surface area (Å²) in [7, 11) is -34.5. The van der Waals surface area contributed by atoms with Crippen LogP contribution in [0.4, 0.5) is 0 Å². The van der Waals surface area contributed by atoms with E-state index in [0.29, 0.717) is 0 Å². The lowest BCUT2D eigenvalue weighted by molar-refractivity contribution is -0.383. The molecule has 20 atom stereocenters. The van der Waals surface area contributed by atoms with Crippen LogP contribution in [0.2, 0.25) is 0 Å². The van der Waals surface area contributed by atoms with Gasteiger partial charge < -0.3 is 74.0 Å². The third-order valence-electron chi connectivity index (χ3n) is 9.44. The third-order valence-corrected chi connectivity index (χ3v) is 12.2. The van der Waals surface area contributed by atoms with Crippen molar-refractivity contribution in [2.24, 2.45) is 0 Å². The van der Waals surface area contributed by atoms with Gasteiger partial charge >= 0.3 is 62.4 Å². The zero-order valence-corrected chi connectivity index (χ0v) is 38.2. The first kappa shape index (κ1) is 60.2. The SMILES string of the molecule is O=S(=O)(O)OC[C@H]1O[C@H](O)[C@H](OS(=O)(=O)O)[C@@H](O)[C@H]1O[C@@H]1O[C@H](CO)[C@H](O)[C@H](O[C@H]2O[C@H](COS(=O)(=O)O)[C@H](O[C@@H]3O[C@H](CO)[C@H](O)[C@H](O)[C@H]3OS(=O)(=O)O)[C@H](O)[C@H]2OS(=O)(=O)O)[C@H]1OS(=O)(=O)O. The van der Waals surface area contributed by atoms with Gasteiger partial charge in [-0.05, 0) is 0 Å². The van der Waals surface area contributed by atoms with Crippen molar-refractivity contribution in [2.45, 2.75) is 123 Å². The minimum atomic E-state index is -6.02. The van der Waals surface area contributed by atoms with E-state index in [-0.39, 0.29) is 0 Å². The van der Waals surface area contributed by atoms with Gasteiger partial charge in [0.2, 0.25) is 0 Å². The van der Waals surface area contributed by atoms with Gasteiger partial charge in [0, 0.05) is 0 Å². The summed E-state index contributed by atoms with van der Waals surface area (Å²) in [5.41, 5.74) is 0. The minimum Gasteiger partial charge on any atom is -0.394 e. The standard InChI is InChI=1S/C24H42O39S6/c25-1-5-9(27)11(29)18(61-67(42,43)44)22(54-5)57-15-8(4-52-65(36,37)38)56-23(19(13(15)31)62-68(45,46)47)59-16-10(28)6(2-26)55-24(20(16)63-69(48,49)50)58-14-7(3-51-64(33,34)35)53-21(32)17(12(14)30)60-66(39,40)41/h5-32H,1-4H2,(H,33,34,35)(H,36,37,38)(H,39,40,41)(H,42,43,44)(H,45,46,47)(H,48,49,50)/t5-,6-,7-,8-,9+,10+,11+,12+,13+,14+,15+,16+,17-,18-,19-,20-,21+,22+,23-,24+/m1/s1. The average molecular weight is 1150 g/mol. The molecule has 0 aromatic heterocycles. The average Bonchev–Trinajstić information content (AvgIpc) is 3.17. The molecular weight excluding hydrogens is 1100 g/mol. The number of ether oxygens (including phenoxy) is 7. The Morgan fingerprint density at radius 1 is 0.333 bits per heavy atom. The Morgan fingerprint density at radius 3 is 1.06 bits per heavy atom. The van der Waals surface area contributed by atoms with Crippen LogP contribution in [0.5, 0.6) is 0 Å². The van der Waals surface area contributed by atoms with E-state index >= 15 is 0 Å². The summed E-state index contributed by atoms with van der Waals surface area (Å²) in [6.45, 7) is -5.95. The summed E-state index contributed by atoms with van der Waals surface area (Å²) in [5, 5.41) is 84.8. The molecule has 0 aliphatic carbocycles. The number of hydrogen-bond acceptors (Lipinski definition) is 33. The summed E-state index contributed by atoms with van der Waals surface area (Å²) in [5.74, 6) is 0. The highest BCUT2D eigenvalue weighted by Crippen LogP contribution is 2.38. The Balaban J connectivity index is 1.84. The second-order valence-electron chi connectivity index (χ2n) is 14.2. The Hall–Kier alpha value is -1.38. The van der Waals surface area contributed by atoms with Gasteiger partial charge in [-0.15, -0.1) is 0 Å². The van der Waals surface area contributed by atoms with E-state index in [0.717, 1.165) is 0 Å². The van der Waals surface area contributed by atoms with Crippen molar-refractivity contribution in [2.75, 3.05) is 26.4 Å². The van der Waals surface area contributed by atoms with E-state index in [1.165, 1.54) is 0 Å². The highest BCUT2D eigenvalue weighted by Gasteiger charge is 2.59. The van der Waals surface area contributed by atoms with Crippen LogP contribution < -0.4 is 0 Å². The largest absolute Gasteiger partial charge is 0.397 e. The molecule has 4 aliphatic rings. The van der Waals surface area contributed by atoms with Gasteiger partial charge in [0.1, 0.15) is 73.2 Å². The number of rotatable bonds is 22. The smallest absolute Gasteiger partial charge is 0.394 e. The molecular formula is C24H42O39S6. The van der Waals surface area contributed by atoms with E-state index in [9.17, 15) is 114 Å². The van der Waals surface area contributed by atoms with Crippen LogP contribution in [0.15, 0.2) is 0 Å². The van der Waals surface area contributed by atoms with Crippen LogP contribution in [-0.4, -0.2) is 268 Å². The summed E-state index contributed by atoms with van der Waals surface area (Å²) in [6, 6.07) is 0. The van der Waals surface area contributed by atoms with Gasteiger partial charge in [-0.2, -0.15) is 50.5 Å². The molecule has 0 radical (unpaired) electrons. The van der Waals surface area contributed by atoms with Crippen LogP contribution in [0, 0.1) is 0 Å². The monoisotopic (exact) mass is 1150 g/mol. The van der Waals surface area contributed by atoms with Gasteiger partial charge in [0.15, 0.2) is 49.6 Å². The van der Waals surface area contributed by atoms with Gasteiger partial charge in [-0.25, -0.2) is 25.1 Å². The molecule has 4 rings (SSSR count). The maximum atomic E-state index is 12.2. The van der Waals surface area contributed by atoms with Crippen molar-refractivity contribution in [3.8, 4) is 0 Å². The fourth-order valence-corrected chi connectivity index (χ4v) is 9.29. The van der Waals surface area contributed by atoms with Crippen LogP contribution in [-0.2, 0) is 121 Å². The van der Waals surface area contributed by atoms with E-state index in [1.807, 2.05) is 0 Å². The normalized spacial score (nSPS) is 40.1. The number of hydrogen-bond donors (Lipinski definition) is 14. The van der Waals surface area contributed by atoms with Crippen molar-refractivity contribution in [1.29, 1.82) is 0 Å². The second-order valence-corrected chi connectivity index (χ2v) is 20.6. The topological polar surface area (TPSA) is 608 Å². The zero-order valence-electron chi connectivity index (χ0n) is 33.3. The van der Waals surface area contributed by atoms with Crippen molar-refractivity contribution >= 4 is 62.4 Å². The molecule has 45 heteroatoms. The zero-order chi connectivity index (χ0) is 52.6. The molecule has 408 valence electrons. The molecule has 0 bridgehead atoms. The molecule has 0 spiro atoms. The fraction of sp³-hybridized carbons (Fsp3) is 1.00. The number of aliphatic hydroxyl groups excluding tert-OH is 8. The molecule has 4 saturated heterocycles. The molecule has 0 aromatic carbocycles. The van der Waals surface area contributed by atoms with E-state index in [4.69, 9.17) is 37.7 Å². The van der Waals surface area contributed by atoms with Gasteiger partial charge in [-0.1, -0.05) is 0 Å². The van der Waals surface area contributed by atoms with Crippen LogP contribution in [0.3, 0.4) is 0 Å². The molecule has 0 amide bonds. The van der Waals surface area contributed by atoms with Crippen molar-refractivity contribution < 1.29 is 177 Å². The van der Waals surface area contributed by atoms with E-state index in [2.05, 4.69) is 25.1 Å². The van der Waals surface area contributed by atoms with E-state index < -0.39 is 212 Å². The summed E-state index contributed by atoms with van der Waals surface area (Å²) in [6.07, 6.45) is -53.0. The fourth-order valence-electron chi connectivity index (χ4n) is 6.74. The lowest BCUT2D eigenvalue weighted by Crippen LogP contribution is -2.68. The van der Waals surface area contributed by atoms with Gasteiger partial charge in [-0.3, -0.25) is 27.3 Å². The minimum absolute atomic E-state index is 1.24. The maximum Gasteiger partial charge on any atom is 0.397 e. The summed E-state index contributed by atoms with van der Waals surface area (Å²) >= 11 is 0. The van der Waals surface area contributed by atoms with Gasteiger partial charge in [0.25, 0.3) is 0 Å². The van der Waals surface area contributed by atoms with Crippen LogP contribution in [0.1, 0.15) is 0 Å². The molecule has 39 nitrogen and oxygen atoms in total. The highest BCUT2D eigenvalue weighted by molar-refractivity contribution is 7.82.